The highest BCUT2D eigenvalue weighted by Crippen LogP contribution is 2.18. The zero-order valence-corrected chi connectivity index (χ0v) is 12.9. The van der Waals surface area contributed by atoms with E-state index in [9.17, 15) is 9.59 Å². The SMILES string of the molecule is COCCCN(CCOC)C(=O)N1CCC(C(=O)O)CC1. The minimum Gasteiger partial charge on any atom is -0.481 e. The van der Waals surface area contributed by atoms with E-state index in [0.717, 1.165) is 6.42 Å². The molecule has 0 saturated carbocycles. The predicted molar refractivity (Wildman–Crippen MR) is 77.3 cm³/mol. The number of carboxylic acids is 1. The van der Waals surface area contributed by atoms with Gasteiger partial charge in [-0.15, -0.1) is 0 Å². The minimum absolute atomic E-state index is 0.0352. The summed E-state index contributed by atoms with van der Waals surface area (Å²) in [5.74, 6) is -1.09. The second kappa shape index (κ2) is 9.57. The number of aliphatic carboxylic acids is 1. The first kappa shape index (κ1) is 17.7. The lowest BCUT2D eigenvalue weighted by Gasteiger charge is -2.34. The smallest absolute Gasteiger partial charge is 0.320 e. The zero-order chi connectivity index (χ0) is 15.7. The van der Waals surface area contributed by atoms with Gasteiger partial charge in [0.2, 0.25) is 0 Å². The molecule has 0 aromatic rings. The van der Waals surface area contributed by atoms with Crippen LogP contribution in [0.25, 0.3) is 0 Å². The van der Waals surface area contributed by atoms with Crippen LogP contribution in [0.3, 0.4) is 0 Å². The van der Waals surface area contributed by atoms with Gasteiger partial charge in [0.25, 0.3) is 0 Å². The molecule has 0 atom stereocenters. The molecule has 0 bridgehead atoms. The van der Waals surface area contributed by atoms with Gasteiger partial charge in [0.05, 0.1) is 12.5 Å². The molecule has 0 unspecified atom stereocenters. The second-order valence-electron chi connectivity index (χ2n) is 5.21. The average Bonchev–Trinajstić information content (AvgIpc) is 2.50. The van der Waals surface area contributed by atoms with E-state index in [1.165, 1.54) is 0 Å². The van der Waals surface area contributed by atoms with E-state index in [2.05, 4.69) is 0 Å². The third kappa shape index (κ3) is 5.89. The molecule has 7 nitrogen and oxygen atoms in total. The van der Waals surface area contributed by atoms with Gasteiger partial charge in [-0.25, -0.2) is 4.79 Å². The van der Waals surface area contributed by atoms with Crippen LogP contribution in [0.4, 0.5) is 4.79 Å². The molecule has 2 amide bonds. The molecule has 0 aromatic heterocycles. The van der Waals surface area contributed by atoms with Crippen molar-refractivity contribution >= 4 is 12.0 Å². The Morgan fingerprint density at radius 3 is 2.29 bits per heavy atom. The van der Waals surface area contributed by atoms with Crippen LogP contribution in [-0.2, 0) is 14.3 Å². The fourth-order valence-electron chi connectivity index (χ4n) is 2.42. The lowest BCUT2D eigenvalue weighted by atomic mass is 9.97. The largest absolute Gasteiger partial charge is 0.481 e. The van der Waals surface area contributed by atoms with Crippen molar-refractivity contribution in [2.24, 2.45) is 5.92 Å². The number of ether oxygens (including phenoxy) is 2. The maximum Gasteiger partial charge on any atom is 0.320 e. The second-order valence-corrected chi connectivity index (χ2v) is 5.21. The van der Waals surface area contributed by atoms with E-state index in [1.54, 1.807) is 24.0 Å². The molecule has 1 aliphatic heterocycles. The number of carboxylic acid groups (broad SMARTS) is 1. The molecule has 1 fully saturated rings. The van der Waals surface area contributed by atoms with Crippen molar-refractivity contribution in [3.63, 3.8) is 0 Å². The fourth-order valence-corrected chi connectivity index (χ4v) is 2.42. The van der Waals surface area contributed by atoms with E-state index in [1.807, 2.05) is 0 Å². The average molecular weight is 302 g/mol. The number of carbonyl (C=O) groups is 2. The van der Waals surface area contributed by atoms with Gasteiger partial charge in [-0.3, -0.25) is 4.79 Å². The summed E-state index contributed by atoms with van der Waals surface area (Å²) in [4.78, 5) is 26.9. The minimum atomic E-state index is -0.765. The number of rotatable bonds is 8. The number of amides is 2. The molecule has 1 N–H and O–H groups in total. The number of carbonyl (C=O) groups excluding carboxylic acids is 1. The van der Waals surface area contributed by atoms with Crippen LogP contribution in [-0.4, -0.2) is 80.5 Å². The third-order valence-electron chi connectivity index (χ3n) is 3.73. The van der Waals surface area contributed by atoms with Crippen LogP contribution in [0.15, 0.2) is 0 Å². The summed E-state index contributed by atoms with van der Waals surface area (Å²) in [7, 11) is 3.24. The zero-order valence-electron chi connectivity index (χ0n) is 12.9. The monoisotopic (exact) mass is 302 g/mol. The van der Waals surface area contributed by atoms with Gasteiger partial charge in [0.15, 0.2) is 0 Å². The molecule has 0 spiro atoms. The first-order chi connectivity index (χ1) is 10.1. The molecular formula is C14H26N2O5. The number of nitrogens with zero attached hydrogens (tertiary/aromatic N) is 2. The number of likely N-dealkylation sites (tertiary alicyclic amines) is 1. The standard InChI is InChI=1S/C14H26N2O5/c1-20-10-3-6-15(9-11-21-2)14(19)16-7-4-12(5-8-16)13(17)18/h12H,3-11H2,1-2H3,(H,17,18). The molecule has 0 aromatic carbocycles. The Morgan fingerprint density at radius 1 is 1.14 bits per heavy atom. The highest BCUT2D eigenvalue weighted by Gasteiger charge is 2.29. The molecule has 1 rings (SSSR count). The van der Waals surface area contributed by atoms with Gasteiger partial charge in [0, 0.05) is 47.0 Å². The Bertz CT molecular complexity index is 329. The molecule has 122 valence electrons. The van der Waals surface area contributed by atoms with Gasteiger partial charge < -0.3 is 24.4 Å². The Labute approximate surface area is 125 Å². The number of methoxy groups -OCH3 is 2. The van der Waals surface area contributed by atoms with Crippen LogP contribution in [0, 0.1) is 5.92 Å². The van der Waals surface area contributed by atoms with Crippen molar-refractivity contribution in [1.29, 1.82) is 0 Å². The van der Waals surface area contributed by atoms with Crippen molar-refractivity contribution in [2.75, 3.05) is 53.6 Å². The number of hydrogen-bond donors (Lipinski definition) is 1. The van der Waals surface area contributed by atoms with Gasteiger partial charge in [0.1, 0.15) is 0 Å². The molecule has 0 aliphatic carbocycles. The Kier molecular flexibility index (Phi) is 8.07. The maximum absolute atomic E-state index is 12.5. The fraction of sp³-hybridized carbons (Fsp3) is 0.857. The van der Waals surface area contributed by atoms with E-state index in [4.69, 9.17) is 14.6 Å². The first-order valence-corrected chi connectivity index (χ1v) is 7.34. The highest BCUT2D eigenvalue weighted by atomic mass is 16.5. The molecular weight excluding hydrogens is 276 g/mol. The summed E-state index contributed by atoms with van der Waals surface area (Å²) in [6, 6.07) is -0.0352. The number of urea groups is 1. The summed E-state index contributed by atoms with van der Waals surface area (Å²) in [6.07, 6.45) is 1.83. The van der Waals surface area contributed by atoms with Crippen LogP contribution in [0.5, 0.6) is 0 Å². The normalized spacial score (nSPS) is 16.0. The van der Waals surface area contributed by atoms with Crippen molar-refractivity contribution < 1.29 is 24.2 Å². The lowest BCUT2D eigenvalue weighted by molar-refractivity contribution is -0.143. The van der Waals surface area contributed by atoms with Crippen LogP contribution >= 0.6 is 0 Å². The number of hydrogen-bond acceptors (Lipinski definition) is 4. The first-order valence-electron chi connectivity index (χ1n) is 7.34. The predicted octanol–water partition coefficient (Wildman–Crippen LogP) is 0.888. The van der Waals surface area contributed by atoms with Gasteiger partial charge in [-0.05, 0) is 19.3 Å². The molecule has 0 radical (unpaired) electrons. The van der Waals surface area contributed by atoms with Crippen LogP contribution < -0.4 is 0 Å². The molecule has 1 heterocycles. The molecule has 21 heavy (non-hydrogen) atoms. The van der Waals surface area contributed by atoms with E-state index >= 15 is 0 Å². The van der Waals surface area contributed by atoms with Crippen LogP contribution in [0.2, 0.25) is 0 Å². The lowest BCUT2D eigenvalue weighted by Crippen LogP contribution is -2.48. The molecule has 1 saturated heterocycles. The highest BCUT2D eigenvalue weighted by molar-refractivity contribution is 5.75. The molecule has 7 heteroatoms. The van der Waals surface area contributed by atoms with Crippen molar-refractivity contribution in [3.8, 4) is 0 Å². The van der Waals surface area contributed by atoms with Crippen molar-refractivity contribution in [3.05, 3.63) is 0 Å². The van der Waals surface area contributed by atoms with Gasteiger partial charge in [-0.2, -0.15) is 0 Å². The summed E-state index contributed by atoms with van der Waals surface area (Å²) >= 11 is 0. The molecule has 1 aliphatic rings. The maximum atomic E-state index is 12.5. The summed E-state index contributed by atoms with van der Waals surface area (Å²) in [5, 5.41) is 8.99. The number of piperidine rings is 1. The summed E-state index contributed by atoms with van der Waals surface area (Å²) < 4.78 is 10.1. The van der Waals surface area contributed by atoms with Crippen molar-refractivity contribution in [2.45, 2.75) is 19.3 Å². The quantitative estimate of drug-likeness (QED) is 0.674. The Hall–Kier alpha value is -1.34. The van der Waals surface area contributed by atoms with Gasteiger partial charge in [-0.1, -0.05) is 0 Å². The van der Waals surface area contributed by atoms with E-state index < -0.39 is 5.97 Å². The Morgan fingerprint density at radius 2 is 1.76 bits per heavy atom. The Balaban J connectivity index is 2.48. The van der Waals surface area contributed by atoms with E-state index in [0.29, 0.717) is 52.2 Å². The third-order valence-corrected chi connectivity index (χ3v) is 3.73. The summed E-state index contributed by atoms with van der Waals surface area (Å²) in [6.45, 7) is 3.27. The van der Waals surface area contributed by atoms with Crippen molar-refractivity contribution in [1.82, 2.24) is 9.80 Å². The van der Waals surface area contributed by atoms with E-state index in [-0.39, 0.29) is 11.9 Å². The van der Waals surface area contributed by atoms with Crippen LogP contribution in [0.1, 0.15) is 19.3 Å². The van der Waals surface area contributed by atoms with Gasteiger partial charge >= 0.3 is 12.0 Å². The summed E-state index contributed by atoms with van der Waals surface area (Å²) in [5.41, 5.74) is 0. The topological polar surface area (TPSA) is 79.3 Å².